The maximum Gasteiger partial charge on any atom is 0.324 e. The monoisotopic (exact) mass is 280 g/mol. The molecule has 0 amide bonds. The van der Waals surface area contributed by atoms with Crippen molar-refractivity contribution in [3.8, 4) is 0 Å². The number of ether oxygens (including phenoxy) is 2. The average molecular weight is 280 g/mol. The van der Waals surface area contributed by atoms with Crippen molar-refractivity contribution in [3.63, 3.8) is 0 Å². The zero-order valence-electron chi connectivity index (χ0n) is 10.2. The fraction of sp³-hybridized carbons (Fsp3) is 0.778. The van der Waals surface area contributed by atoms with Crippen molar-refractivity contribution in [2.75, 3.05) is 27.3 Å². The highest BCUT2D eigenvalue weighted by Gasteiger charge is 2.32. The van der Waals surface area contributed by atoms with E-state index in [1.54, 1.807) is 0 Å². The molecule has 1 rings (SSSR count). The predicted molar refractivity (Wildman–Crippen MR) is 60.7 cm³/mol. The van der Waals surface area contributed by atoms with E-state index in [1.807, 2.05) is 0 Å². The van der Waals surface area contributed by atoms with E-state index in [2.05, 4.69) is 14.2 Å². The summed E-state index contributed by atoms with van der Waals surface area (Å²) in [5.41, 5.74) is 0. The van der Waals surface area contributed by atoms with Gasteiger partial charge in [0.2, 0.25) is 0 Å². The summed E-state index contributed by atoms with van der Waals surface area (Å²) in [6, 6.07) is -0.851. The Labute approximate surface area is 105 Å². The van der Waals surface area contributed by atoms with Gasteiger partial charge in [-0.15, -0.1) is 0 Å². The minimum absolute atomic E-state index is 0.0240. The lowest BCUT2D eigenvalue weighted by Crippen LogP contribution is -2.46. The molecule has 18 heavy (non-hydrogen) atoms. The molecule has 0 spiro atoms. The number of carbonyl (C=O) groups excluding carboxylic acids is 2. The number of cyclic esters (lactones) is 1. The Bertz CT molecular complexity index is 421. The molecule has 0 saturated carbocycles. The highest BCUT2D eigenvalue weighted by Crippen LogP contribution is 2.08. The van der Waals surface area contributed by atoms with Crippen molar-refractivity contribution >= 4 is 22.1 Å². The standard InChI is InChI=1S/C9H16N2O6S/c1-11(5-3-8(12)16-2)18(14,15)10-7-4-6-17-9(7)13/h7,10H,3-6H2,1-2H3. The van der Waals surface area contributed by atoms with Crippen molar-refractivity contribution in [3.05, 3.63) is 0 Å². The SMILES string of the molecule is COC(=O)CCN(C)S(=O)(=O)NC1CCOC1=O. The number of hydrogen-bond acceptors (Lipinski definition) is 6. The molecular formula is C9H16N2O6S. The van der Waals surface area contributed by atoms with Gasteiger partial charge in [0.25, 0.3) is 10.2 Å². The zero-order valence-corrected chi connectivity index (χ0v) is 11.0. The molecule has 0 aliphatic carbocycles. The molecule has 1 atom stereocenters. The van der Waals surface area contributed by atoms with Gasteiger partial charge in [0.15, 0.2) is 0 Å². The summed E-state index contributed by atoms with van der Waals surface area (Å²) >= 11 is 0. The molecule has 1 aliphatic rings. The molecule has 1 unspecified atom stereocenters. The summed E-state index contributed by atoms with van der Waals surface area (Å²) in [4.78, 5) is 22.0. The Morgan fingerprint density at radius 3 is 2.78 bits per heavy atom. The molecule has 0 bridgehead atoms. The molecule has 0 radical (unpaired) electrons. The van der Waals surface area contributed by atoms with Gasteiger partial charge < -0.3 is 9.47 Å². The van der Waals surface area contributed by atoms with Crippen LogP contribution in [0.25, 0.3) is 0 Å². The van der Waals surface area contributed by atoms with Gasteiger partial charge in [0.1, 0.15) is 6.04 Å². The van der Waals surface area contributed by atoms with Crippen LogP contribution in [0.3, 0.4) is 0 Å². The van der Waals surface area contributed by atoms with Crippen LogP contribution in [0.4, 0.5) is 0 Å². The second kappa shape index (κ2) is 6.12. The molecule has 1 saturated heterocycles. The first-order valence-electron chi connectivity index (χ1n) is 5.34. The maximum absolute atomic E-state index is 11.8. The number of carbonyl (C=O) groups is 2. The van der Waals surface area contributed by atoms with Crippen molar-refractivity contribution in [1.29, 1.82) is 0 Å². The molecule has 104 valence electrons. The van der Waals surface area contributed by atoms with Crippen molar-refractivity contribution in [2.24, 2.45) is 0 Å². The topological polar surface area (TPSA) is 102 Å². The van der Waals surface area contributed by atoms with Crippen LogP contribution in [-0.2, 0) is 29.3 Å². The lowest BCUT2D eigenvalue weighted by molar-refractivity contribution is -0.141. The molecule has 1 aliphatic heterocycles. The van der Waals surface area contributed by atoms with Crippen LogP contribution < -0.4 is 4.72 Å². The molecule has 0 aromatic heterocycles. The Balaban J connectivity index is 2.51. The highest BCUT2D eigenvalue weighted by atomic mass is 32.2. The molecule has 1 fully saturated rings. The third-order valence-electron chi connectivity index (χ3n) is 2.50. The number of esters is 2. The van der Waals surface area contributed by atoms with E-state index in [-0.39, 0.29) is 19.6 Å². The second-order valence-electron chi connectivity index (χ2n) is 3.78. The number of hydrogen-bond donors (Lipinski definition) is 1. The Morgan fingerprint density at radius 2 is 2.28 bits per heavy atom. The Morgan fingerprint density at radius 1 is 1.61 bits per heavy atom. The van der Waals surface area contributed by atoms with Gasteiger partial charge in [-0.2, -0.15) is 17.4 Å². The summed E-state index contributed by atoms with van der Waals surface area (Å²) in [5, 5.41) is 0. The smallest absolute Gasteiger partial charge is 0.324 e. The average Bonchev–Trinajstić information content (AvgIpc) is 2.70. The van der Waals surface area contributed by atoms with Crippen LogP contribution >= 0.6 is 0 Å². The predicted octanol–water partition coefficient (Wildman–Crippen LogP) is -1.37. The highest BCUT2D eigenvalue weighted by molar-refractivity contribution is 7.87. The van der Waals surface area contributed by atoms with Gasteiger partial charge in [0, 0.05) is 20.0 Å². The van der Waals surface area contributed by atoms with Crippen LogP contribution in [0.2, 0.25) is 0 Å². The fourth-order valence-corrected chi connectivity index (χ4v) is 2.43. The molecule has 0 aromatic carbocycles. The third kappa shape index (κ3) is 3.93. The summed E-state index contributed by atoms with van der Waals surface area (Å²) in [7, 11) is -1.27. The first-order chi connectivity index (χ1) is 8.36. The minimum Gasteiger partial charge on any atom is -0.469 e. The van der Waals surface area contributed by atoms with Gasteiger partial charge in [0.05, 0.1) is 20.1 Å². The maximum atomic E-state index is 11.8. The molecular weight excluding hydrogens is 264 g/mol. The van der Waals surface area contributed by atoms with Gasteiger partial charge in [-0.3, -0.25) is 9.59 Å². The second-order valence-corrected chi connectivity index (χ2v) is 5.59. The summed E-state index contributed by atoms with van der Waals surface area (Å²) in [6.45, 7) is 0.182. The normalized spacial score (nSPS) is 19.9. The Kier molecular flexibility index (Phi) is 5.05. The summed E-state index contributed by atoms with van der Waals surface area (Å²) in [6.07, 6.45) is 0.256. The van der Waals surface area contributed by atoms with Crippen LogP contribution in [0.15, 0.2) is 0 Å². The van der Waals surface area contributed by atoms with Crippen LogP contribution in [-0.4, -0.2) is 58.0 Å². The zero-order chi connectivity index (χ0) is 13.8. The third-order valence-corrected chi connectivity index (χ3v) is 4.08. The summed E-state index contributed by atoms with van der Waals surface area (Å²) < 4.78 is 35.8. The van der Waals surface area contributed by atoms with Crippen molar-refractivity contribution < 1.29 is 27.5 Å². The van der Waals surface area contributed by atoms with Gasteiger partial charge in [-0.05, 0) is 0 Å². The van der Waals surface area contributed by atoms with E-state index in [0.29, 0.717) is 6.42 Å². The largest absolute Gasteiger partial charge is 0.469 e. The Hall–Kier alpha value is -1.19. The lowest BCUT2D eigenvalue weighted by atomic mass is 10.3. The molecule has 1 heterocycles. The van der Waals surface area contributed by atoms with E-state index < -0.39 is 28.2 Å². The number of nitrogens with zero attached hydrogens (tertiary/aromatic N) is 1. The van der Waals surface area contributed by atoms with E-state index in [9.17, 15) is 18.0 Å². The van der Waals surface area contributed by atoms with E-state index in [4.69, 9.17) is 0 Å². The van der Waals surface area contributed by atoms with Crippen molar-refractivity contribution in [1.82, 2.24) is 9.03 Å². The van der Waals surface area contributed by atoms with Crippen LogP contribution in [0.1, 0.15) is 12.8 Å². The number of rotatable bonds is 6. The quantitative estimate of drug-likeness (QED) is 0.602. The molecule has 9 heteroatoms. The van der Waals surface area contributed by atoms with Crippen LogP contribution in [0.5, 0.6) is 0 Å². The van der Waals surface area contributed by atoms with E-state index in [1.165, 1.54) is 14.2 Å². The van der Waals surface area contributed by atoms with Crippen molar-refractivity contribution in [2.45, 2.75) is 18.9 Å². The number of methoxy groups -OCH3 is 1. The first kappa shape index (κ1) is 14.9. The molecule has 8 nitrogen and oxygen atoms in total. The fourth-order valence-electron chi connectivity index (χ4n) is 1.34. The van der Waals surface area contributed by atoms with E-state index >= 15 is 0 Å². The minimum atomic E-state index is -3.81. The first-order valence-corrected chi connectivity index (χ1v) is 6.78. The van der Waals surface area contributed by atoms with E-state index in [0.717, 1.165) is 4.31 Å². The van der Waals surface area contributed by atoms with Gasteiger partial charge in [-0.25, -0.2) is 0 Å². The van der Waals surface area contributed by atoms with Gasteiger partial charge in [-0.1, -0.05) is 0 Å². The number of nitrogens with one attached hydrogen (secondary N) is 1. The molecule has 1 N–H and O–H groups in total. The van der Waals surface area contributed by atoms with Gasteiger partial charge >= 0.3 is 11.9 Å². The lowest BCUT2D eigenvalue weighted by Gasteiger charge is -2.18. The van der Waals surface area contributed by atoms with Crippen LogP contribution in [0, 0.1) is 0 Å². The molecule has 0 aromatic rings. The summed E-state index contributed by atoms with van der Waals surface area (Å²) in [5.74, 6) is -1.09.